The Morgan fingerprint density at radius 1 is 1.62 bits per heavy atom. The maximum Gasteiger partial charge on any atom is 0.303 e. The average Bonchev–Trinajstić information content (AvgIpc) is 2.09. The van der Waals surface area contributed by atoms with E-state index in [9.17, 15) is 4.79 Å². The second-order valence-corrected chi connectivity index (χ2v) is 1.92. The minimum Gasteiger partial charge on any atom is -0.481 e. The highest BCUT2D eigenvalue weighted by atomic mass is 16.4. The normalized spacial score (nSPS) is 10.8. The fourth-order valence-electron chi connectivity index (χ4n) is 0.417. The first-order chi connectivity index (χ1) is 6.16. The van der Waals surface area contributed by atoms with E-state index in [1.807, 2.05) is 0 Å². The van der Waals surface area contributed by atoms with Crippen molar-refractivity contribution in [2.45, 2.75) is 12.8 Å². The summed E-state index contributed by atoms with van der Waals surface area (Å²) in [5.41, 5.74) is 6.92. The Bertz CT molecular complexity index is 235. The van der Waals surface area contributed by atoms with E-state index in [1.54, 1.807) is 0 Å². The zero-order valence-electron chi connectivity index (χ0n) is 6.77. The largest absolute Gasteiger partial charge is 0.481 e. The lowest BCUT2D eigenvalue weighted by Crippen LogP contribution is -2.02. The molecule has 0 bridgehead atoms. The van der Waals surface area contributed by atoms with Crippen molar-refractivity contribution in [2.24, 2.45) is 21.2 Å². The SMILES string of the molecule is N=C(CCC(=O)O)N=NNN=CN. The van der Waals surface area contributed by atoms with Crippen molar-refractivity contribution in [3.63, 3.8) is 0 Å². The second-order valence-electron chi connectivity index (χ2n) is 1.92. The lowest BCUT2D eigenvalue weighted by molar-refractivity contribution is -0.136. The molecule has 0 radical (unpaired) electrons. The number of carboxylic acid groups (broad SMARTS) is 1. The van der Waals surface area contributed by atoms with Crippen molar-refractivity contribution in [3.05, 3.63) is 0 Å². The van der Waals surface area contributed by atoms with E-state index in [0.29, 0.717) is 0 Å². The van der Waals surface area contributed by atoms with Gasteiger partial charge < -0.3 is 10.8 Å². The van der Waals surface area contributed by atoms with Gasteiger partial charge in [0.1, 0.15) is 12.2 Å². The van der Waals surface area contributed by atoms with Crippen LogP contribution in [0.2, 0.25) is 0 Å². The summed E-state index contributed by atoms with van der Waals surface area (Å²) in [4.78, 5) is 10.1. The smallest absolute Gasteiger partial charge is 0.303 e. The van der Waals surface area contributed by atoms with Crippen molar-refractivity contribution < 1.29 is 9.90 Å². The first kappa shape index (κ1) is 11.0. The summed E-state index contributed by atoms with van der Waals surface area (Å²) >= 11 is 0. The van der Waals surface area contributed by atoms with Crippen LogP contribution in [0.25, 0.3) is 0 Å². The number of nitrogens with one attached hydrogen (secondary N) is 2. The predicted octanol–water partition coefficient (Wildman–Crippen LogP) is -0.313. The summed E-state index contributed by atoms with van der Waals surface area (Å²) in [5, 5.41) is 25.1. The molecule has 0 heterocycles. The van der Waals surface area contributed by atoms with Gasteiger partial charge in [0.05, 0.1) is 6.42 Å². The molecule has 0 unspecified atom stereocenters. The summed E-state index contributed by atoms with van der Waals surface area (Å²) in [6.45, 7) is 0. The van der Waals surface area contributed by atoms with Gasteiger partial charge in [0.25, 0.3) is 0 Å². The molecule has 0 amide bonds. The highest BCUT2D eigenvalue weighted by Gasteiger charge is 1.99. The number of hydrazone groups is 1. The third-order valence-electron chi connectivity index (χ3n) is 0.923. The first-order valence-corrected chi connectivity index (χ1v) is 3.35. The van der Waals surface area contributed by atoms with E-state index in [4.69, 9.17) is 16.2 Å². The van der Waals surface area contributed by atoms with Crippen LogP contribution in [-0.4, -0.2) is 23.2 Å². The fourth-order valence-corrected chi connectivity index (χ4v) is 0.417. The number of rotatable bonds is 5. The molecule has 0 fully saturated rings. The molecule has 72 valence electrons. The van der Waals surface area contributed by atoms with Gasteiger partial charge >= 0.3 is 5.97 Å². The van der Waals surface area contributed by atoms with Gasteiger partial charge in [0.2, 0.25) is 0 Å². The number of amidine groups is 1. The lowest BCUT2D eigenvalue weighted by atomic mass is 10.3. The molecule has 0 aromatic carbocycles. The van der Waals surface area contributed by atoms with Crippen LogP contribution in [0.1, 0.15) is 12.8 Å². The third kappa shape index (κ3) is 7.91. The summed E-state index contributed by atoms with van der Waals surface area (Å²) in [6.07, 6.45) is 0.866. The summed E-state index contributed by atoms with van der Waals surface area (Å²) in [5.74, 6) is -1.12. The first-order valence-electron chi connectivity index (χ1n) is 3.35. The van der Waals surface area contributed by atoms with E-state index in [0.717, 1.165) is 6.34 Å². The number of hydrogen-bond acceptors (Lipinski definition) is 4. The van der Waals surface area contributed by atoms with Crippen LogP contribution in [-0.2, 0) is 4.79 Å². The number of nitrogens with two attached hydrogens (primary N) is 1. The highest BCUT2D eigenvalue weighted by molar-refractivity contribution is 5.82. The van der Waals surface area contributed by atoms with Gasteiger partial charge in [0, 0.05) is 6.42 Å². The second kappa shape index (κ2) is 6.70. The van der Waals surface area contributed by atoms with Crippen LogP contribution in [0.3, 0.4) is 0 Å². The van der Waals surface area contributed by atoms with Gasteiger partial charge in [-0.1, -0.05) is 5.22 Å². The van der Waals surface area contributed by atoms with Gasteiger partial charge in [0.15, 0.2) is 0 Å². The van der Waals surface area contributed by atoms with Gasteiger partial charge in [-0.25, -0.2) is 0 Å². The molecule has 0 aliphatic carbocycles. The highest BCUT2D eigenvalue weighted by Crippen LogP contribution is 1.92. The molecule has 0 atom stereocenters. The Kier molecular flexibility index (Phi) is 5.68. The summed E-state index contributed by atoms with van der Waals surface area (Å²) < 4.78 is 0. The standard InChI is InChI=1S/C5H10N6O2/c6-3-8-10-11-9-4(7)1-2-5(12)13/h3H,1-2H2,(H,12,13)(H2,6,8,11)(H2,7,9,10). The van der Waals surface area contributed by atoms with Crippen LogP contribution < -0.4 is 11.3 Å². The lowest BCUT2D eigenvalue weighted by Gasteiger charge is -1.91. The Hall–Kier alpha value is -1.99. The molecule has 5 N–H and O–H groups in total. The zero-order chi connectivity index (χ0) is 10.1. The topological polar surface area (TPSA) is 136 Å². The molecule has 0 aromatic heterocycles. The average molecular weight is 186 g/mol. The Labute approximate surface area is 74.0 Å². The number of aliphatic carboxylic acids is 1. The molecular weight excluding hydrogens is 176 g/mol. The molecule has 0 aromatic rings. The van der Waals surface area contributed by atoms with Crippen LogP contribution in [0.15, 0.2) is 15.4 Å². The fraction of sp³-hybridized carbons (Fsp3) is 0.400. The maximum absolute atomic E-state index is 10.1. The Balaban J connectivity index is 3.61. The van der Waals surface area contributed by atoms with E-state index >= 15 is 0 Å². The van der Waals surface area contributed by atoms with Crippen molar-refractivity contribution in [2.75, 3.05) is 0 Å². The van der Waals surface area contributed by atoms with Crippen molar-refractivity contribution >= 4 is 18.1 Å². The van der Waals surface area contributed by atoms with Crippen molar-refractivity contribution in [1.82, 2.24) is 5.53 Å². The van der Waals surface area contributed by atoms with E-state index in [1.165, 1.54) is 0 Å². The number of nitrogens with zero attached hydrogens (tertiary/aromatic N) is 3. The van der Waals surface area contributed by atoms with Crippen LogP contribution >= 0.6 is 0 Å². The van der Waals surface area contributed by atoms with E-state index < -0.39 is 5.97 Å². The minimum atomic E-state index is -0.979. The Morgan fingerprint density at radius 3 is 2.85 bits per heavy atom. The number of carbonyl (C=O) groups is 1. The molecule has 8 nitrogen and oxygen atoms in total. The summed E-state index contributed by atoms with van der Waals surface area (Å²) in [7, 11) is 0. The molecule has 0 saturated carbocycles. The predicted molar refractivity (Wildman–Crippen MR) is 45.3 cm³/mol. The molecule has 0 aliphatic rings. The van der Waals surface area contributed by atoms with Gasteiger partial charge in [-0.3, -0.25) is 10.2 Å². The number of hydrogen-bond donors (Lipinski definition) is 4. The quantitative estimate of drug-likeness (QED) is 0.202. The van der Waals surface area contributed by atoms with Crippen LogP contribution in [0, 0.1) is 5.41 Å². The van der Waals surface area contributed by atoms with Crippen LogP contribution in [0.4, 0.5) is 0 Å². The van der Waals surface area contributed by atoms with Crippen molar-refractivity contribution in [3.8, 4) is 0 Å². The van der Waals surface area contributed by atoms with Gasteiger partial charge in [-0.05, 0) is 0 Å². The molecule has 8 heteroatoms. The van der Waals surface area contributed by atoms with Crippen molar-refractivity contribution in [1.29, 1.82) is 5.41 Å². The molecule has 0 spiro atoms. The van der Waals surface area contributed by atoms with E-state index in [-0.39, 0.29) is 18.7 Å². The molecule has 0 rings (SSSR count). The maximum atomic E-state index is 10.1. The molecule has 13 heavy (non-hydrogen) atoms. The van der Waals surface area contributed by atoms with E-state index in [2.05, 4.69) is 21.0 Å². The monoisotopic (exact) mass is 186 g/mol. The molecular formula is C5H10N6O2. The summed E-state index contributed by atoms with van der Waals surface area (Å²) in [6, 6.07) is 0. The Morgan fingerprint density at radius 2 is 2.31 bits per heavy atom. The van der Waals surface area contributed by atoms with Gasteiger partial charge in [-0.2, -0.15) is 5.53 Å². The van der Waals surface area contributed by atoms with Crippen LogP contribution in [0.5, 0.6) is 0 Å². The zero-order valence-corrected chi connectivity index (χ0v) is 6.77. The van der Waals surface area contributed by atoms with Gasteiger partial charge in [-0.15, -0.1) is 10.2 Å². The minimum absolute atomic E-state index is 0.0346. The third-order valence-corrected chi connectivity index (χ3v) is 0.923. The molecule has 0 saturated heterocycles. The number of carboxylic acids is 1. The molecule has 0 aliphatic heterocycles.